The maximum absolute atomic E-state index is 12.1. The Bertz CT molecular complexity index is 982. The minimum atomic E-state index is -3.94. The Morgan fingerprint density at radius 2 is 1.88 bits per heavy atom. The number of hydrogen-bond acceptors (Lipinski definition) is 6. The first-order valence-corrected chi connectivity index (χ1v) is 8.84. The molecule has 0 unspecified atom stereocenters. The number of carbonyl (C=O) groups excluding carboxylic acids is 1. The molecule has 0 heterocycles. The van der Waals surface area contributed by atoms with E-state index < -0.39 is 20.9 Å². The molecule has 0 saturated heterocycles. The lowest BCUT2D eigenvalue weighted by atomic mass is 10.1. The van der Waals surface area contributed by atoms with Crippen LogP contribution in [0.4, 0.5) is 5.69 Å². The number of nitriles is 1. The minimum absolute atomic E-state index is 0.00374. The van der Waals surface area contributed by atoms with Crippen molar-refractivity contribution in [3.63, 3.8) is 0 Å². The van der Waals surface area contributed by atoms with Crippen molar-refractivity contribution in [2.45, 2.75) is 4.90 Å². The third-order valence-corrected chi connectivity index (χ3v) is 4.75. The number of nitrogens with one attached hydrogen (secondary N) is 2. The van der Waals surface area contributed by atoms with Crippen LogP contribution in [0.1, 0.15) is 15.9 Å². The number of amides is 1. The molecule has 134 valence electrons. The number of nitro benzene ring substituents is 1. The van der Waals surface area contributed by atoms with Gasteiger partial charge >= 0.3 is 0 Å². The third kappa shape index (κ3) is 4.85. The number of nitrogens with zero attached hydrogens (tertiary/aromatic N) is 2. The van der Waals surface area contributed by atoms with Crippen LogP contribution in [0.3, 0.4) is 0 Å². The highest BCUT2D eigenvalue weighted by atomic mass is 32.2. The van der Waals surface area contributed by atoms with Crippen LogP contribution < -0.4 is 10.0 Å². The van der Waals surface area contributed by atoms with Crippen LogP contribution in [0.2, 0.25) is 0 Å². The number of nitro groups is 1. The Labute approximate surface area is 149 Å². The van der Waals surface area contributed by atoms with Crippen molar-refractivity contribution in [1.82, 2.24) is 10.0 Å². The zero-order valence-electron chi connectivity index (χ0n) is 13.4. The Morgan fingerprint density at radius 3 is 2.58 bits per heavy atom. The zero-order chi connectivity index (χ0) is 19.2. The monoisotopic (exact) mass is 374 g/mol. The highest BCUT2D eigenvalue weighted by Crippen LogP contribution is 2.16. The van der Waals surface area contributed by atoms with Gasteiger partial charge in [0, 0.05) is 30.8 Å². The van der Waals surface area contributed by atoms with E-state index in [1.807, 2.05) is 6.07 Å². The van der Waals surface area contributed by atoms with Crippen molar-refractivity contribution in [3.8, 4) is 6.07 Å². The first kappa shape index (κ1) is 19.0. The normalized spacial score (nSPS) is 10.7. The molecule has 0 aliphatic heterocycles. The molecule has 0 aliphatic carbocycles. The zero-order valence-corrected chi connectivity index (χ0v) is 14.2. The fraction of sp³-hybridized carbons (Fsp3) is 0.125. The van der Waals surface area contributed by atoms with E-state index >= 15 is 0 Å². The second kappa shape index (κ2) is 8.19. The molecule has 2 aromatic rings. The van der Waals surface area contributed by atoms with Crippen molar-refractivity contribution in [1.29, 1.82) is 5.26 Å². The molecule has 2 rings (SSSR count). The van der Waals surface area contributed by atoms with Gasteiger partial charge in [0.05, 0.1) is 21.5 Å². The summed E-state index contributed by atoms with van der Waals surface area (Å²) < 4.78 is 26.5. The Kier molecular flexibility index (Phi) is 6.00. The molecule has 1 amide bonds. The highest BCUT2D eigenvalue weighted by molar-refractivity contribution is 7.89. The van der Waals surface area contributed by atoms with Gasteiger partial charge in [-0.15, -0.1) is 0 Å². The van der Waals surface area contributed by atoms with E-state index in [0.29, 0.717) is 5.56 Å². The summed E-state index contributed by atoms with van der Waals surface area (Å²) >= 11 is 0. The van der Waals surface area contributed by atoms with E-state index in [-0.39, 0.29) is 29.2 Å². The molecule has 26 heavy (non-hydrogen) atoms. The van der Waals surface area contributed by atoms with Gasteiger partial charge in [-0.1, -0.05) is 12.1 Å². The lowest BCUT2D eigenvalue weighted by Crippen LogP contribution is -2.34. The largest absolute Gasteiger partial charge is 0.351 e. The molecule has 0 bridgehead atoms. The van der Waals surface area contributed by atoms with Crippen molar-refractivity contribution in [2.75, 3.05) is 13.1 Å². The molecule has 9 nitrogen and oxygen atoms in total. The van der Waals surface area contributed by atoms with Gasteiger partial charge in [0.25, 0.3) is 11.6 Å². The lowest BCUT2D eigenvalue weighted by molar-refractivity contribution is -0.385. The van der Waals surface area contributed by atoms with E-state index in [1.54, 1.807) is 12.1 Å². The average molecular weight is 374 g/mol. The quantitative estimate of drug-likeness (QED) is 0.423. The second-order valence-electron chi connectivity index (χ2n) is 5.10. The van der Waals surface area contributed by atoms with Gasteiger partial charge in [-0.2, -0.15) is 5.26 Å². The molecule has 0 saturated carbocycles. The predicted molar refractivity (Wildman–Crippen MR) is 91.8 cm³/mol. The van der Waals surface area contributed by atoms with Crippen LogP contribution in [0.15, 0.2) is 53.4 Å². The van der Waals surface area contributed by atoms with Gasteiger partial charge < -0.3 is 5.32 Å². The average Bonchev–Trinajstić information content (AvgIpc) is 2.65. The van der Waals surface area contributed by atoms with E-state index in [1.165, 1.54) is 30.3 Å². The van der Waals surface area contributed by atoms with Crippen LogP contribution in [-0.2, 0) is 10.0 Å². The van der Waals surface area contributed by atoms with E-state index in [4.69, 9.17) is 5.26 Å². The lowest BCUT2D eigenvalue weighted by Gasteiger charge is -2.08. The second-order valence-corrected chi connectivity index (χ2v) is 6.87. The van der Waals surface area contributed by atoms with E-state index in [0.717, 1.165) is 6.07 Å². The summed E-state index contributed by atoms with van der Waals surface area (Å²) in [6, 6.07) is 12.7. The topological polar surface area (TPSA) is 142 Å². The summed E-state index contributed by atoms with van der Waals surface area (Å²) in [5.74, 6) is -0.448. The maximum Gasteiger partial charge on any atom is 0.270 e. The summed E-state index contributed by atoms with van der Waals surface area (Å²) in [5.41, 5.74) is 0.285. The number of carbonyl (C=O) groups is 1. The number of non-ortho nitro benzene ring substituents is 1. The molecule has 10 heteroatoms. The van der Waals surface area contributed by atoms with Gasteiger partial charge in [0.15, 0.2) is 0 Å². The molecular formula is C16H14N4O5S. The molecule has 2 aromatic carbocycles. The smallest absolute Gasteiger partial charge is 0.270 e. The predicted octanol–water partition coefficient (Wildman–Crippen LogP) is 1.17. The Balaban J connectivity index is 1.92. The SMILES string of the molecule is N#Cc1cccc(C(=O)NCCNS(=O)(=O)c2cccc([N+](=O)[O-])c2)c1. The van der Waals surface area contributed by atoms with Gasteiger partial charge in [-0.3, -0.25) is 14.9 Å². The standard InChI is InChI=1S/C16H14N4O5S/c17-11-12-3-1-4-13(9-12)16(21)18-7-8-19-26(24,25)15-6-2-5-14(10-15)20(22)23/h1-6,9-10,19H,7-8H2,(H,18,21). The fourth-order valence-corrected chi connectivity index (χ4v) is 3.11. The molecule has 0 radical (unpaired) electrons. The molecule has 2 N–H and O–H groups in total. The van der Waals surface area contributed by atoms with Crippen molar-refractivity contribution < 1.29 is 18.1 Å². The van der Waals surface area contributed by atoms with Gasteiger partial charge in [-0.25, -0.2) is 13.1 Å². The molecular weight excluding hydrogens is 360 g/mol. The van der Waals surface area contributed by atoms with Crippen LogP contribution in [0.5, 0.6) is 0 Å². The van der Waals surface area contributed by atoms with Gasteiger partial charge in [0.1, 0.15) is 0 Å². The number of hydrogen-bond donors (Lipinski definition) is 2. The van der Waals surface area contributed by atoms with Crippen LogP contribution in [-0.4, -0.2) is 32.3 Å². The number of rotatable bonds is 7. The molecule has 0 fully saturated rings. The van der Waals surface area contributed by atoms with E-state index in [2.05, 4.69) is 10.0 Å². The molecule has 0 aromatic heterocycles. The van der Waals surface area contributed by atoms with Crippen molar-refractivity contribution in [3.05, 3.63) is 69.8 Å². The summed E-state index contributed by atoms with van der Waals surface area (Å²) in [7, 11) is -3.94. The summed E-state index contributed by atoms with van der Waals surface area (Å²) in [4.78, 5) is 21.8. The fourth-order valence-electron chi connectivity index (χ4n) is 2.04. The Morgan fingerprint density at radius 1 is 1.15 bits per heavy atom. The number of sulfonamides is 1. The molecule has 0 atom stereocenters. The summed E-state index contributed by atoms with van der Waals surface area (Å²) in [6.07, 6.45) is 0. The Hall–Kier alpha value is -3.29. The van der Waals surface area contributed by atoms with Crippen LogP contribution in [0.25, 0.3) is 0 Å². The van der Waals surface area contributed by atoms with Crippen LogP contribution in [0, 0.1) is 21.4 Å². The highest BCUT2D eigenvalue weighted by Gasteiger charge is 2.17. The van der Waals surface area contributed by atoms with Crippen molar-refractivity contribution >= 4 is 21.6 Å². The third-order valence-electron chi connectivity index (χ3n) is 3.30. The van der Waals surface area contributed by atoms with Gasteiger partial charge in [0.2, 0.25) is 10.0 Å². The summed E-state index contributed by atoms with van der Waals surface area (Å²) in [5, 5.41) is 22.0. The molecule has 0 aliphatic rings. The minimum Gasteiger partial charge on any atom is -0.351 e. The first-order valence-electron chi connectivity index (χ1n) is 7.36. The number of benzene rings is 2. The maximum atomic E-state index is 12.1. The molecule has 0 spiro atoms. The first-order chi connectivity index (χ1) is 12.3. The van der Waals surface area contributed by atoms with Gasteiger partial charge in [-0.05, 0) is 24.3 Å². The van der Waals surface area contributed by atoms with Crippen molar-refractivity contribution in [2.24, 2.45) is 0 Å². The van der Waals surface area contributed by atoms with Crippen LogP contribution >= 0.6 is 0 Å². The summed E-state index contributed by atoms with van der Waals surface area (Å²) in [6.45, 7) is -0.0987. The van der Waals surface area contributed by atoms with E-state index in [9.17, 15) is 23.3 Å².